The molecule has 0 saturated carbocycles. The number of phenolic OH excluding ortho intramolecular Hbond substituents is 4. The van der Waals surface area contributed by atoms with Gasteiger partial charge in [0.05, 0.1) is 0 Å². The first-order chi connectivity index (χ1) is 14.7. The molecule has 0 saturated heterocycles. The highest BCUT2D eigenvalue weighted by Crippen LogP contribution is 2.63. The lowest BCUT2D eigenvalue weighted by Gasteiger charge is -2.37. The predicted molar refractivity (Wildman–Crippen MR) is 86.1 cm³/mol. The minimum atomic E-state index is -7.65. The molecular formula is C18H9F11O4. The molecule has 2 aromatic rings. The van der Waals surface area contributed by atoms with Crippen LogP contribution in [0.3, 0.4) is 0 Å². The zero-order valence-electron chi connectivity index (χ0n) is 15.4. The molecule has 15 heteroatoms. The molecule has 182 valence electrons. The van der Waals surface area contributed by atoms with Gasteiger partial charge in [0.25, 0.3) is 0 Å². The van der Waals surface area contributed by atoms with E-state index in [1.54, 1.807) is 0 Å². The van der Waals surface area contributed by atoms with Gasteiger partial charge >= 0.3 is 29.9 Å². The summed E-state index contributed by atoms with van der Waals surface area (Å²) in [5, 5.41) is 39.0. The maximum absolute atomic E-state index is 14.7. The van der Waals surface area contributed by atoms with Gasteiger partial charge in [-0.15, -0.1) is 0 Å². The van der Waals surface area contributed by atoms with Gasteiger partial charge in [-0.05, 0) is 11.1 Å². The van der Waals surface area contributed by atoms with E-state index in [-0.39, 0.29) is 6.07 Å². The number of phenols is 4. The summed E-state index contributed by atoms with van der Waals surface area (Å²) in [6.07, 6.45) is -8.03. The van der Waals surface area contributed by atoms with Gasteiger partial charge in [0.15, 0.2) is 11.5 Å². The van der Waals surface area contributed by atoms with Gasteiger partial charge in [0, 0.05) is 23.1 Å². The summed E-state index contributed by atoms with van der Waals surface area (Å²) in [5.41, 5.74) is -5.64. The molecule has 3 rings (SSSR count). The van der Waals surface area contributed by atoms with Gasteiger partial charge in [0.1, 0.15) is 0 Å². The average Bonchev–Trinajstić information content (AvgIpc) is 3.09. The normalized spacial score (nSPS) is 14.9. The van der Waals surface area contributed by atoms with Crippen LogP contribution in [0.15, 0.2) is 18.2 Å². The summed E-state index contributed by atoms with van der Waals surface area (Å²) in [6.45, 7) is 0. The van der Waals surface area contributed by atoms with Crippen molar-refractivity contribution in [2.75, 3.05) is 0 Å². The van der Waals surface area contributed by atoms with E-state index in [4.69, 9.17) is 0 Å². The van der Waals surface area contributed by atoms with Crippen LogP contribution in [0.4, 0.5) is 48.3 Å². The van der Waals surface area contributed by atoms with E-state index in [9.17, 15) is 68.7 Å². The van der Waals surface area contributed by atoms with Crippen LogP contribution in [0.2, 0.25) is 0 Å². The Labute approximate surface area is 175 Å². The lowest BCUT2D eigenvalue weighted by Crippen LogP contribution is -2.65. The fraction of sp³-hybridized carbons (Fsp3) is 0.333. The summed E-state index contributed by atoms with van der Waals surface area (Å²) in [6, 6.07) is 1.45. The first-order valence-electron chi connectivity index (χ1n) is 8.42. The van der Waals surface area contributed by atoms with Crippen LogP contribution in [0.25, 0.3) is 11.1 Å². The fourth-order valence-corrected chi connectivity index (χ4v) is 3.42. The molecule has 0 bridgehead atoms. The molecule has 0 fully saturated rings. The van der Waals surface area contributed by atoms with E-state index in [1.165, 1.54) is 0 Å². The number of halogens is 11. The second kappa shape index (κ2) is 6.70. The summed E-state index contributed by atoms with van der Waals surface area (Å²) in [4.78, 5) is 0. The van der Waals surface area contributed by atoms with E-state index in [2.05, 4.69) is 0 Å². The molecule has 0 atom stereocenters. The number of alkyl halides is 11. The van der Waals surface area contributed by atoms with Gasteiger partial charge in [-0.2, -0.15) is 48.3 Å². The zero-order valence-corrected chi connectivity index (χ0v) is 15.4. The lowest BCUT2D eigenvalue weighted by atomic mass is 9.87. The Hall–Kier alpha value is -3.13. The van der Waals surface area contributed by atoms with E-state index < -0.39 is 87.1 Å². The molecule has 0 amide bonds. The van der Waals surface area contributed by atoms with Crippen molar-refractivity contribution in [1.82, 2.24) is 0 Å². The summed E-state index contributed by atoms with van der Waals surface area (Å²) >= 11 is 0. The first kappa shape index (κ1) is 24.5. The summed E-state index contributed by atoms with van der Waals surface area (Å²) in [5.74, 6) is -34.5. The highest BCUT2D eigenvalue weighted by atomic mass is 19.4. The van der Waals surface area contributed by atoms with Crippen LogP contribution in [-0.2, 0) is 12.3 Å². The van der Waals surface area contributed by atoms with Crippen LogP contribution >= 0.6 is 0 Å². The van der Waals surface area contributed by atoms with Crippen LogP contribution in [-0.4, -0.2) is 44.4 Å². The minimum absolute atomic E-state index is 0.00402. The standard InChI is InChI=1S/C18H9F11O4/c19-14(20,15(21,22)16(23,24)17(25,26)18(27,28)29)7-3-1-2-5-4-6-9(8(5)7)11(31)13(33)12(32)10(6)30/h1-3,30-33H,4H2. The van der Waals surface area contributed by atoms with Crippen molar-refractivity contribution in [3.05, 3.63) is 34.9 Å². The predicted octanol–water partition coefficient (Wildman–Crippen LogP) is 5.64. The molecule has 0 heterocycles. The molecule has 1 aliphatic rings. The quantitative estimate of drug-likeness (QED) is 0.213. The first-order valence-corrected chi connectivity index (χ1v) is 8.42. The second-order valence-electron chi connectivity index (χ2n) is 7.06. The summed E-state index contributed by atoms with van der Waals surface area (Å²) in [7, 11) is 0. The van der Waals surface area contributed by atoms with Crippen LogP contribution < -0.4 is 0 Å². The van der Waals surface area contributed by atoms with Crippen LogP contribution in [0.5, 0.6) is 23.0 Å². The second-order valence-corrected chi connectivity index (χ2v) is 7.06. The smallest absolute Gasteiger partial charge is 0.460 e. The average molecular weight is 498 g/mol. The zero-order chi connectivity index (χ0) is 25.5. The number of hydrogen-bond donors (Lipinski definition) is 4. The topological polar surface area (TPSA) is 80.9 Å². The molecule has 0 radical (unpaired) electrons. The van der Waals surface area contributed by atoms with Crippen molar-refractivity contribution in [1.29, 1.82) is 0 Å². The third-order valence-corrected chi connectivity index (χ3v) is 5.14. The number of benzene rings is 2. The highest BCUT2D eigenvalue weighted by Gasteiger charge is 2.87. The molecule has 0 unspecified atom stereocenters. The van der Waals surface area contributed by atoms with Crippen molar-refractivity contribution >= 4 is 0 Å². The Balaban J connectivity index is 2.31. The summed E-state index contributed by atoms with van der Waals surface area (Å²) < 4.78 is 148. The third-order valence-electron chi connectivity index (χ3n) is 5.14. The minimum Gasteiger partial charge on any atom is -0.504 e. The van der Waals surface area contributed by atoms with Gasteiger partial charge in [-0.1, -0.05) is 18.2 Å². The van der Waals surface area contributed by atoms with Gasteiger partial charge < -0.3 is 20.4 Å². The highest BCUT2D eigenvalue weighted by molar-refractivity contribution is 5.90. The Kier molecular flexibility index (Phi) is 4.97. The third kappa shape index (κ3) is 2.89. The maximum Gasteiger partial charge on any atom is 0.460 e. The van der Waals surface area contributed by atoms with Crippen molar-refractivity contribution in [2.24, 2.45) is 0 Å². The number of aromatic hydroxyl groups is 4. The van der Waals surface area contributed by atoms with E-state index >= 15 is 0 Å². The molecule has 4 N–H and O–H groups in total. The lowest BCUT2D eigenvalue weighted by molar-refractivity contribution is -0.424. The largest absolute Gasteiger partial charge is 0.504 e. The SMILES string of the molecule is Oc1c(O)c(O)c2c(c1O)Cc1cccc(C(F)(F)C(F)(F)C(F)(F)C(F)(F)C(F)(F)F)c1-2. The molecule has 0 aromatic heterocycles. The monoisotopic (exact) mass is 498 g/mol. The molecule has 4 nitrogen and oxygen atoms in total. The van der Waals surface area contributed by atoms with Crippen molar-refractivity contribution in [2.45, 2.75) is 36.3 Å². The van der Waals surface area contributed by atoms with E-state index in [0.29, 0.717) is 6.07 Å². The van der Waals surface area contributed by atoms with Gasteiger partial charge in [-0.3, -0.25) is 0 Å². The Morgan fingerprint density at radius 3 is 1.61 bits per heavy atom. The van der Waals surface area contributed by atoms with Crippen LogP contribution in [0.1, 0.15) is 16.7 Å². The van der Waals surface area contributed by atoms with Gasteiger partial charge in [0.2, 0.25) is 11.5 Å². The molecule has 1 aliphatic carbocycles. The Morgan fingerprint density at radius 2 is 1.09 bits per heavy atom. The maximum atomic E-state index is 14.7. The van der Waals surface area contributed by atoms with Gasteiger partial charge in [-0.25, -0.2) is 0 Å². The number of hydrogen-bond acceptors (Lipinski definition) is 4. The molecular weight excluding hydrogens is 489 g/mol. The fourth-order valence-electron chi connectivity index (χ4n) is 3.42. The Morgan fingerprint density at radius 1 is 0.576 bits per heavy atom. The Bertz CT molecular complexity index is 1140. The van der Waals surface area contributed by atoms with Crippen molar-refractivity contribution < 1.29 is 68.7 Å². The molecule has 0 spiro atoms. The molecule has 33 heavy (non-hydrogen) atoms. The van der Waals surface area contributed by atoms with Crippen LogP contribution in [0, 0.1) is 0 Å². The van der Waals surface area contributed by atoms with E-state index in [0.717, 1.165) is 6.07 Å². The molecule has 0 aliphatic heterocycles. The van der Waals surface area contributed by atoms with Crippen molar-refractivity contribution in [3.63, 3.8) is 0 Å². The van der Waals surface area contributed by atoms with E-state index in [1.807, 2.05) is 0 Å². The van der Waals surface area contributed by atoms with Crippen molar-refractivity contribution in [3.8, 4) is 34.1 Å². The molecule has 2 aromatic carbocycles. The number of fused-ring (bicyclic) bond motifs is 3. The number of rotatable bonds is 4.